The van der Waals surface area contributed by atoms with E-state index in [2.05, 4.69) is 23.8 Å². The number of nitrogens with zero attached hydrogens (tertiary/aromatic N) is 2. The molecule has 0 N–H and O–H groups in total. The second kappa shape index (κ2) is 5.68. The van der Waals surface area contributed by atoms with Crippen LogP contribution in [0, 0.1) is 5.41 Å². The predicted octanol–water partition coefficient (Wildman–Crippen LogP) is 3.53. The molecular formula is C15H21ClN2O2. The van der Waals surface area contributed by atoms with Gasteiger partial charge in [-0.1, -0.05) is 13.8 Å². The minimum absolute atomic E-state index is 0.177. The molecule has 0 aromatic carbocycles. The predicted molar refractivity (Wildman–Crippen MR) is 77.6 cm³/mol. The summed E-state index contributed by atoms with van der Waals surface area (Å²) in [4.78, 5) is 20.7. The molecule has 1 aliphatic rings. The summed E-state index contributed by atoms with van der Waals surface area (Å²) in [5, 5.41) is 0.177. The van der Waals surface area contributed by atoms with E-state index >= 15 is 0 Å². The van der Waals surface area contributed by atoms with Gasteiger partial charge in [0.05, 0.1) is 12.3 Å². The molecule has 0 aliphatic heterocycles. The number of carbonyl (C=O) groups excluding carboxylic acids is 1. The SMILES string of the molecule is CCOC(=O)C1(c2ccnc(Cl)n2)CCC(C)(C)CC1. The van der Waals surface area contributed by atoms with Crippen LogP contribution in [0.2, 0.25) is 5.28 Å². The molecule has 2 rings (SSSR count). The summed E-state index contributed by atoms with van der Waals surface area (Å²) < 4.78 is 5.30. The van der Waals surface area contributed by atoms with Gasteiger partial charge in [-0.05, 0) is 55.7 Å². The van der Waals surface area contributed by atoms with E-state index in [1.807, 2.05) is 6.92 Å². The lowest BCUT2D eigenvalue weighted by atomic mass is 9.63. The number of aromatic nitrogens is 2. The summed E-state index contributed by atoms with van der Waals surface area (Å²) in [6, 6.07) is 1.78. The van der Waals surface area contributed by atoms with Gasteiger partial charge in [0.1, 0.15) is 5.41 Å². The first-order chi connectivity index (χ1) is 9.39. The lowest BCUT2D eigenvalue weighted by molar-refractivity contribution is -0.152. The first-order valence-electron chi connectivity index (χ1n) is 7.06. The highest BCUT2D eigenvalue weighted by atomic mass is 35.5. The Balaban J connectivity index is 2.38. The van der Waals surface area contributed by atoms with Crippen LogP contribution in [0.4, 0.5) is 0 Å². The first-order valence-corrected chi connectivity index (χ1v) is 7.44. The molecule has 0 atom stereocenters. The van der Waals surface area contributed by atoms with Gasteiger partial charge in [0, 0.05) is 6.20 Å². The van der Waals surface area contributed by atoms with Gasteiger partial charge in [0.25, 0.3) is 0 Å². The Kier molecular flexibility index (Phi) is 4.33. The Morgan fingerprint density at radius 2 is 2.00 bits per heavy atom. The highest BCUT2D eigenvalue weighted by molar-refractivity contribution is 6.28. The minimum atomic E-state index is -0.669. The fraction of sp³-hybridized carbons (Fsp3) is 0.667. The molecular weight excluding hydrogens is 276 g/mol. The van der Waals surface area contributed by atoms with Gasteiger partial charge in [0.2, 0.25) is 5.28 Å². The Bertz CT molecular complexity index is 492. The number of hydrogen-bond acceptors (Lipinski definition) is 4. The van der Waals surface area contributed by atoms with E-state index in [1.165, 1.54) is 0 Å². The Morgan fingerprint density at radius 3 is 2.55 bits per heavy atom. The van der Waals surface area contributed by atoms with Gasteiger partial charge in [-0.2, -0.15) is 0 Å². The average Bonchev–Trinajstić information content (AvgIpc) is 2.39. The summed E-state index contributed by atoms with van der Waals surface area (Å²) in [5.41, 5.74) is 0.275. The van der Waals surface area contributed by atoms with Gasteiger partial charge < -0.3 is 4.74 Å². The fourth-order valence-corrected chi connectivity index (χ4v) is 2.94. The van der Waals surface area contributed by atoms with Crippen LogP contribution in [0.5, 0.6) is 0 Å². The average molecular weight is 297 g/mol. The van der Waals surface area contributed by atoms with Crippen LogP contribution in [-0.2, 0) is 14.9 Å². The molecule has 1 saturated carbocycles. The van der Waals surface area contributed by atoms with Crippen LogP contribution in [0.3, 0.4) is 0 Å². The van der Waals surface area contributed by atoms with Crippen LogP contribution in [-0.4, -0.2) is 22.5 Å². The van der Waals surface area contributed by atoms with Crippen molar-refractivity contribution < 1.29 is 9.53 Å². The van der Waals surface area contributed by atoms with E-state index in [0.29, 0.717) is 12.3 Å². The second-order valence-corrected chi connectivity index (χ2v) is 6.52. The molecule has 0 amide bonds. The zero-order valence-corrected chi connectivity index (χ0v) is 13.0. The van der Waals surface area contributed by atoms with Gasteiger partial charge in [-0.15, -0.1) is 0 Å². The number of rotatable bonds is 3. The molecule has 1 aromatic heterocycles. The molecule has 4 nitrogen and oxygen atoms in total. The van der Waals surface area contributed by atoms with Crippen molar-refractivity contribution in [3.05, 3.63) is 23.2 Å². The molecule has 0 unspecified atom stereocenters. The van der Waals surface area contributed by atoms with Crippen LogP contribution in [0.15, 0.2) is 12.3 Å². The molecule has 20 heavy (non-hydrogen) atoms. The third-order valence-electron chi connectivity index (χ3n) is 4.24. The third kappa shape index (κ3) is 2.95. The maximum Gasteiger partial charge on any atom is 0.318 e. The van der Waals surface area contributed by atoms with Crippen molar-refractivity contribution in [1.29, 1.82) is 0 Å². The molecule has 0 spiro atoms. The van der Waals surface area contributed by atoms with E-state index in [0.717, 1.165) is 25.7 Å². The molecule has 1 fully saturated rings. The van der Waals surface area contributed by atoms with Crippen LogP contribution in [0.25, 0.3) is 0 Å². The van der Waals surface area contributed by atoms with E-state index in [-0.39, 0.29) is 16.7 Å². The standard InChI is InChI=1S/C15H21ClN2O2/c1-4-20-12(19)15(8-6-14(2,3)7-9-15)11-5-10-17-13(16)18-11/h5,10H,4,6-9H2,1-3H3. The highest BCUT2D eigenvalue weighted by Crippen LogP contribution is 2.46. The molecule has 5 heteroatoms. The van der Waals surface area contributed by atoms with Crippen molar-refractivity contribution in [1.82, 2.24) is 9.97 Å². The van der Waals surface area contributed by atoms with Crippen molar-refractivity contribution in [2.75, 3.05) is 6.61 Å². The van der Waals surface area contributed by atoms with Crippen LogP contribution >= 0.6 is 11.6 Å². The summed E-state index contributed by atoms with van der Waals surface area (Å²) in [6.45, 7) is 6.66. The maximum atomic E-state index is 12.5. The van der Waals surface area contributed by atoms with Crippen LogP contribution < -0.4 is 0 Å². The largest absolute Gasteiger partial charge is 0.465 e. The molecule has 0 radical (unpaired) electrons. The lowest BCUT2D eigenvalue weighted by Crippen LogP contribution is -2.43. The highest BCUT2D eigenvalue weighted by Gasteiger charge is 2.47. The van der Waals surface area contributed by atoms with Crippen molar-refractivity contribution >= 4 is 17.6 Å². The number of hydrogen-bond donors (Lipinski definition) is 0. The normalized spacial score (nSPS) is 20.4. The van der Waals surface area contributed by atoms with Gasteiger partial charge in [-0.3, -0.25) is 4.79 Å². The number of carbonyl (C=O) groups is 1. The molecule has 110 valence electrons. The molecule has 1 heterocycles. The second-order valence-electron chi connectivity index (χ2n) is 6.18. The molecule has 0 bridgehead atoms. The maximum absolute atomic E-state index is 12.5. The molecule has 1 aromatic rings. The summed E-state index contributed by atoms with van der Waals surface area (Å²) >= 11 is 5.89. The number of ether oxygens (including phenoxy) is 1. The van der Waals surface area contributed by atoms with Crippen molar-refractivity contribution in [3.63, 3.8) is 0 Å². The van der Waals surface area contributed by atoms with Crippen molar-refractivity contribution in [2.24, 2.45) is 5.41 Å². The molecule has 1 aliphatic carbocycles. The fourth-order valence-electron chi connectivity index (χ4n) is 2.79. The zero-order chi connectivity index (χ0) is 14.8. The first kappa shape index (κ1) is 15.2. The quantitative estimate of drug-likeness (QED) is 0.632. The van der Waals surface area contributed by atoms with E-state index in [4.69, 9.17) is 16.3 Å². The van der Waals surface area contributed by atoms with Gasteiger partial charge >= 0.3 is 5.97 Å². The molecule has 0 saturated heterocycles. The zero-order valence-electron chi connectivity index (χ0n) is 12.3. The van der Waals surface area contributed by atoms with Crippen molar-refractivity contribution in [2.45, 2.75) is 51.9 Å². The van der Waals surface area contributed by atoms with Crippen LogP contribution in [0.1, 0.15) is 52.1 Å². The van der Waals surface area contributed by atoms with Gasteiger partial charge in [0.15, 0.2) is 0 Å². The monoisotopic (exact) mass is 296 g/mol. The Hall–Kier alpha value is -1.16. The minimum Gasteiger partial charge on any atom is -0.465 e. The Labute approximate surface area is 124 Å². The van der Waals surface area contributed by atoms with E-state index in [1.54, 1.807) is 12.3 Å². The smallest absolute Gasteiger partial charge is 0.318 e. The Morgan fingerprint density at radius 1 is 1.35 bits per heavy atom. The summed E-state index contributed by atoms with van der Waals surface area (Å²) in [7, 11) is 0. The summed E-state index contributed by atoms with van der Waals surface area (Å²) in [5.74, 6) is -0.190. The number of esters is 1. The van der Waals surface area contributed by atoms with Crippen molar-refractivity contribution in [3.8, 4) is 0 Å². The van der Waals surface area contributed by atoms with Gasteiger partial charge in [-0.25, -0.2) is 9.97 Å². The third-order valence-corrected chi connectivity index (χ3v) is 4.42. The lowest BCUT2D eigenvalue weighted by Gasteiger charge is -2.41. The van der Waals surface area contributed by atoms with E-state index in [9.17, 15) is 4.79 Å². The topological polar surface area (TPSA) is 52.1 Å². The number of halogens is 1. The van der Waals surface area contributed by atoms with E-state index < -0.39 is 5.41 Å². The summed E-state index contributed by atoms with van der Waals surface area (Å²) in [6.07, 6.45) is 5.02.